The van der Waals surface area contributed by atoms with Gasteiger partial charge in [0.15, 0.2) is 11.5 Å². The molecule has 2 aromatic carbocycles. The normalized spacial score (nSPS) is 14.9. The number of nitrogens with one attached hydrogen (secondary N) is 1. The van der Waals surface area contributed by atoms with Crippen LogP contribution in [0.1, 0.15) is 34.3 Å². The molecule has 1 heterocycles. The van der Waals surface area contributed by atoms with Crippen molar-refractivity contribution in [3.05, 3.63) is 59.2 Å². The van der Waals surface area contributed by atoms with E-state index in [2.05, 4.69) is 10.5 Å². The summed E-state index contributed by atoms with van der Waals surface area (Å²) in [6, 6.07) is 9.88. The minimum atomic E-state index is -4.51. The fourth-order valence-corrected chi connectivity index (χ4v) is 3.62. The van der Waals surface area contributed by atoms with E-state index in [9.17, 15) is 22.8 Å². The van der Waals surface area contributed by atoms with Gasteiger partial charge in [0, 0.05) is 30.1 Å². The minimum Gasteiger partial charge on any atom is -0.493 e. The van der Waals surface area contributed by atoms with E-state index in [4.69, 9.17) is 9.47 Å². The summed E-state index contributed by atoms with van der Waals surface area (Å²) in [5, 5.41) is 3.70. The molecule has 2 aromatic rings. The average molecular weight is 463 g/mol. The van der Waals surface area contributed by atoms with Crippen LogP contribution in [0.2, 0.25) is 0 Å². The number of benzene rings is 2. The van der Waals surface area contributed by atoms with E-state index < -0.39 is 23.6 Å². The van der Waals surface area contributed by atoms with Gasteiger partial charge in [-0.15, -0.1) is 0 Å². The number of methoxy groups -OCH3 is 2. The van der Waals surface area contributed by atoms with Gasteiger partial charge in [-0.2, -0.15) is 18.3 Å². The van der Waals surface area contributed by atoms with E-state index in [0.717, 1.165) is 12.3 Å². The van der Waals surface area contributed by atoms with Crippen LogP contribution in [0.25, 0.3) is 0 Å². The van der Waals surface area contributed by atoms with E-state index in [1.807, 2.05) is 0 Å². The molecule has 2 amide bonds. The first-order valence-electron chi connectivity index (χ1n) is 10.2. The van der Waals surface area contributed by atoms with Gasteiger partial charge in [-0.3, -0.25) is 9.59 Å². The standard InChI is InChI=1S/C23H24F3N3O4/c1-32-19-8-7-16(13-20(19)33-2)22(31)29-11-9-15(10-12-29)21(30)28-27-14-17-5-3-4-6-18(17)23(24,25)26/h3-8,13-15H,9-12H2,1-2H3,(H,28,30)/b27-14-. The molecule has 0 aliphatic carbocycles. The quantitative estimate of drug-likeness (QED) is 0.523. The molecule has 0 radical (unpaired) electrons. The van der Waals surface area contributed by atoms with E-state index in [-0.39, 0.29) is 11.5 Å². The molecule has 1 saturated heterocycles. The highest BCUT2D eigenvalue weighted by molar-refractivity contribution is 5.95. The lowest BCUT2D eigenvalue weighted by Gasteiger charge is -2.31. The van der Waals surface area contributed by atoms with Gasteiger partial charge in [-0.05, 0) is 37.1 Å². The molecule has 3 rings (SSSR count). The fourth-order valence-electron chi connectivity index (χ4n) is 3.62. The van der Waals surface area contributed by atoms with Crippen molar-refractivity contribution in [1.82, 2.24) is 10.3 Å². The number of hydrogen-bond acceptors (Lipinski definition) is 5. The van der Waals surface area contributed by atoms with Gasteiger partial charge in [-0.1, -0.05) is 18.2 Å². The van der Waals surface area contributed by atoms with Crippen molar-refractivity contribution in [2.24, 2.45) is 11.0 Å². The summed E-state index contributed by atoms with van der Waals surface area (Å²) in [6.07, 6.45) is -2.70. The molecule has 7 nitrogen and oxygen atoms in total. The molecule has 0 saturated carbocycles. The fraction of sp³-hybridized carbons (Fsp3) is 0.348. The maximum absolute atomic E-state index is 13.0. The SMILES string of the molecule is COc1ccc(C(=O)N2CCC(C(=O)N/N=C\c3ccccc3C(F)(F)F)CC2)cc1OC. The van der Waals surface area contributed by atoms with Crippen LogP contribution in [0.4, 0.5) is 13.2 Å². The van der Waals surface area contributed by atoms with Crippen LogP contribution < -0.4 is 14.9 Å². The van der Waals surface area contributed by atoms with E-state index in [1.54, 1.807) is 23.1 Å². The smallest absolute Gasteiger partial charge is 0.417 e. The van der Waals surface area contributed by atoms with Crippen LogP contribution in [0.3, 0.4) is 0 Å². The summed E-state index contributed by atoms with van der Waals surface area (Å²) in [5.41, 5.74) is 1.79. The van der Waals surface area contributed by atoms with Gasteiger partial charge in [0.05, 0.1) is 26.0 Å². The summed E-state index contributed by atoms with van der Waals surface area (Å²) in [6.45, 7) is 0.734. The highest BCUT2D eigenvalue weighted by Gasteiger charge is 2.32. The van der Waals surface area contributed by atoms with Gasteiger partial charge in [0.1, 0.15) is 0 Å². The third-order valence-electron chi connectivity index (χ3n) is 5.43. The lowest BCUT2D eigenvalue weighted by molar-refractivity contribution is -0.137. The summed E-state index contributed by atoms with van der Waals surface area (Å²) in [5.74, 6) is -0.00887. The Bertz CT molecular complexity index is 1030. The van der Waals surface area contributed by atoms with Crippen molar-refractivity contribution in [1.29, 1.82) is 0 Å². The van der Waals surface area contributed by atoms with E-state index in [1.165, 1.54) is 32.4 Å². The summed E-state index contributed by atoms with van der Waals surface area (Å²) in [7, 11) is 2.99. The molecule has 0 bridgehead atoms. The predicted molar refractivity (Wildman–Crippen MR) is 115 cm³/mol. The van der Waals surface area contributed by atoms with Crippen molar-refractivity contribution >= 4 is 18.0 Å². The molecule has 0 unspecified atom stereocenters. The molecule has 33 heavy (non-hydrogen) atoms. The largest absolute Gasteiger partial charge is 0.493 e. The van der Waals surface area contributed by atoms with E-state index >= 15 is 0 Å². The zero-order valence-corrected chi connectivity index (χ0v) is 18.2. The Morgan fingerprint density at radius 3 is 2.36 bits per heavy atom. The number of likely N-dealkylation sites (tertiary alicyclic amines) is 1. The molecule has 0 spiro atoms. The maximum Gasteiger partial charge on any atom is 0.417 e. The molecule has 1 aliphatic rings. The molecular formula is C23H24F3N3O4. The summed E-state index contributed by atoms with van der Waals surface area (Å²) in [4.78, 5) is 26.8. The highest BCUT2D eigenvalue weighted by atomic mass is 19.4. The Kier molecular flexibility index (Phi) is 7.57. The Labute approximate surface area is 189 Å². The third kappa shape index (κ3) is 5.82. The van der Waals surface area contributed by atoms with E-state index in [0.29, 0.717) is 43.0 Å². The van der Waals surface area contributed by atoms with Gasteiger partial charge < -0.3 is 14.4 Å². The van der Waals surface area contributed by atoms with Crippen molar-refractivity contribution in [2.75, 3.05) is 27.3 Å². The monoisotopic (exact) mass is 463 g/mol. The zero-order valence-electron chi connectivity index (χ0n) is 18.2. The topological polar surface area (TPSA) is 80.2 Å². The van der Waals surface area contributed by atoms with Gasteiger partial charge in [0.2, 0.25) is 5.91 Å². The maximum atomic E-state index is 13.0. The number of halogens is 3. The lowest BCUT2D eigenvalue weighted by atomic mass is 9.95. The van der Waals surface area contributed by atoms with Crippen LogP contribution in [0.15, 0.2) is 47.6 Å². The number of alkyl halides is 3. The molecule has 0 atom stereocenters. The van der Waals surface area contributed by atoms with Crippen molar-refractivity contribution in [3.8, 4) is 11.5 Å². The number of hydrazone groups is 1. The van der Waals surface area contributed by atoms with Crippen molar-refractivity contribution in [2.45, 2.75) is 19.0 Å². The van der Waals surface area contributed by atoms with Crippen LogP contribution in [0.5, 0.6) is 11.5 Å². The molecule has 1 N–H and O–H groups in total. The molecular weight excluding hydrogens is 439 g/mol. The van der Waals surface area contributed by atoms with Crippen molar-refractivity contribution in [3.63, 3.8) is 0 Å². The van der Waals surface area contributed by atoms with Crippen LogP contribution >= 0.6 is 0 Å². The predicted octanol–water partition coefficient (Wildman–Crippen LogP) is 3.73. The number of piperidine rings is 1. The average Bonchev–Trinajstić information content (AvgIpc) is 2.82. The number of nitrogens with zero attached hydrogens (tertiary/aromatic N) is 2. The Morgan fingerprint density at radius 1 is 1.06 bits per heavy atom. The molecule has 1 fully saturated rings. The number of rotatable bonds is 6. The lowest BCUT2D eigenvalue weighted by Crippen LogP contribution is -2.42. The summed E-state index contributed by atoms with van der Waals surface area (Å²) >= 11 is 0. The van der Waals surface area contributed by atoms with Crippen LogP contribution in [-0.2, 0) is 11.0 Å². The number of carbonyl (C=O) groups is 2. The van der Waals surface area contributed by atoms with Gasteiger partial charge in [-0.25, -0.2) is 5.43 Å². The number of hydrogen-bond donors (Lipinski definition) is 1. The second-order valence-corrected chi connectivity index (χ2v) is 7.46. The second kappa shape index (κ2) is 10.4. The first kappa shape index (κ1) is 24.1. The molecule has 1 aliphatic heterocycles. The van der Waals surface area contributed by atoms with Gasteiger partial charge in [0.25, 0.3) is 5.91 Å². The van der Waals surface area contributed by atoms with Crippen molar-refractivity contribution < 1.29 is 32.2 Å². The minimum absolute atomic E-state index is 0.138. The Hall–Kier alpha value is -3.56. The first-order valence-corrected chi connectivity index (χ1v) is 10.2. The second-order valence-electron chi connectivity index (χ2n) is 7.46. The molecule has 0 aromatic heterocycles. The number of ether oxygens (including phenoxy) is 2. The molecule has 176 valence electrons. The highest BCUT2D eigenvalue weighted by Crippen LogP contribution is 2.31. The van der Waals surface area contributed by atoms with Crippen LogP contribution in [-0.4, -0.2) is 50.2 Å². The number of carbonyl (C=O) groups excluding carboxylic acids is 2. The number of amides is 2. The third-order valence-corrected chi connectivity index (χ3v) is 5.43. The van der Waals surface area contributed by atoms with Crippen LogP contribution in [0, 0.1) is 5.92 Å². The zero-order chi connectivity index (χ0) is 24.0. The Balaban J connectivity index is 1.55. The summed E-state index contributed by atoms with van der Waals surface area (Å²) < 4.78 is 49.5. The molecule has 10 heteroatoms. The first-order chi connectivity index (χ1) is 15.7. The Morgan fingerprint density at radius 2 is 1.73 bits per heavy atom. The van der Waals surface area contributed by atoms with Gasteiger partial charge >= 0.3 is 6.18 Å².